The van der Waals surface area contributed by atoms with Crippen molar-refractivity contribution < 1.29 is 19.1 Å². The van der Waals surface area contributed by atoms with E-state index in [9.17, 15) is 14.4 Å². The van der Waals surface area contributed by atoms with Gasteiger partial charge in [0.15, 0.2) is 5.16 Å². The summed E-state index contributed by atoms with van der Waals surface area (Å²) in [4.78, 5) is 43.6. The van der Waals surface area contributed by atoms with Crippen LogP contribution in [0.15, 0.2) is 58.5 Å². The van der Waals surface area contributed by atoms with E-state index in [1.165, 1.54) is 11.8 Å². The maximum atomic E-state index is 13.5. The van der Waals surface area contributed by atoms with Gasteiger partial charge < -0.3 is 20.1 Å². The van der Waals surface area contributed by atoms with E-state index in [1.54, 1.807) is 35.9 Å². The Kier molecular flexibility index (Phi) is 9.91. The molecule has 38 heavy (non-hydrogen) atoms. The molecule has 0 spiro atoms. The number of aromatic nitrogens is 2. The molecule has 0 bridgehead atoms. The van der Waals surface area contributed by atoms with Gasteiger partial charge in [0.1, 0.15) is 0 Å². The highest BCUT2D eigenvalue weighted by molar-refractivity contribution is 8.00. The molecule has 2 heterocycles. The first-order chi connectivity index (χ1) is 18.5. The average molecular weight is 539 g/mol. The van der Waals surface area contributed by atoms with Crippen LogP contribution in [0, 0.1) is 0 Å². The zero-order valence-electron chi connectivity index (χ0n) is 21.8. The van der Waals surface area contributed by atoms with Crippen molar-refractivity contribution in [2.45, 2.75) is 49.2 Å². The maximum Gasteiger partial charge on any atom is 0.262 e. The van der Waals surface area contributed by atoms with Crippen LogP contribution in [0.4, 0.5) is 0 Å². The number of benzene rings is 2. The number of carbonyl (C=O) groups excluding carboxylic acids is 2. The molecule has 9 nitrogen and oxygen atoms in total. The summed E-state index contributed by atoms with van der Waals surface area (Å²) in [7, 11) is 1.58. The Balaban J connectivity index is 1.54. The molecule has 0 unspecified atom stereocenters. The molecular weight excluding hydrogens is 504 g/mol. The van der Waals surface area contributed by atoms with Gasteiger partial charge in [-0.05, 0) is 49.1 Å². The molecular formula is C28H34N4O5S. The van der Waals surface area contributed by atoms with Crippen LogP contribution in [0.25, 0.3) is 10.9 Å². The van der Waals surface area contributed by atoms with E-state index >= 15 is 0 Å². The predicted octanol–water partition coefficient (Wildman–Crippen LogP) is 2.99. The highest BCUT2D eigenvalue weighted by Crippen LogP contribution is 2.25. The van der Waals surface area contributed by atoms with Crippen molar-refractivity contribution >= 4 is 34.5 Å². The lowest BCUT2D eigenvalue weighted by Gasteiger charge is -2.18. The number of fused-ring (bicyclic) bond motifs is 1. The normalized spacial score (nSPS) is 15.9. The molecule has 202 valence electrons. The number of para-hydroxylation sites is 1. The van der Waals surface area contributed by atoms with Crippen LogP contribution in [0.3, 0.4) is 0 Å². The number of hydrogen-bond acceptors (Lipinski definition) is 7. The molecule has 10 heteroatoms. The number of thioether (sulfide) groups is 1. The molecule has 2 N–H and O–H groups in total. The predicted molar refractivity (Wildman–Crippen MR) is 148 cm³/mol. The fourth-order valence-electron chi connectivity index (χ4n) is 4.27. The van der Waals surface area contributed by atoms with Crippen molar-refractivity contribution in [2.75, 3.05) is 33.4 Å². The summed E-state index contributed by atoms with van der Waals surface area (Å²) in [5.41, 5.74) is 1.80. The molecule has 0 aliphatic carbocycles. The molecule has 2 aromatic carbocycles. The Hall–Kier alpha value is -3.21. The lowest BCUT2D eigenvalue weighted by molar-refractivity contribution is -0.120. The molecule has 1 aromatic heterocycles. The second kappa shape index (κ2) is 13.5. The third-order valence-electron chi connectivity index (χ3n) is 6.41. The number of ether oxygens (including phenoxy) is 2. The third kappa shape index (κ3) is 7.00. The Morgan fingerprint density at radius 2 is 1.97 bits per heavy atom. The Morgan fingerprint density at radius 1 is 1.18 bits per heavy atom. The fourth-order valence-corrected chi connectivity index (χ4v) is 5.31. The van der Waals surface area contributed by atoms with Crippen molar-refractivity contribution in [2.24, 2.45) is 0 Å². The lowest BCUT2D eigenvalue weighted by Crippen LogP contribution is -2.35. The molecule has 4 rings (SSSR count). The maximum absolute atomic E-state index is 13.5. The summed E-state index contributed by atoms with van der Waals surface area (Å²) >= 11 is 1.28. The lowest BCUT2D eigenvalue weighted by atomic mass is 10.1. The molecule has 1 saturated heterocycles. The van der Waals surface area contributed by atoms with Gasteiger partial charge in [-0.25, -0.2) is 4.98 Å². The quantitative estimate of drug-likeness (QED) is 0.207. The second-order valence-electron chi connectivity index (χ2n) is 9.14. The van der Waals surface area contributed by atoms with Gasteiger partial charge in [0.2, 0.25) is 5.91 Å². The molecule has 2 amide bonds. The molecule has 0 saturated carbocycles. The van der Waals surface area contributed by atoms with Gasteiger partial charge in [-0.2, -0.15) is 0 Å². The first-order valence-corrected chi connectivity index (χ1v) is 13.8. The SMILES string of the molecule is CC[C@H](Sc1nc2ccccc2c(=O)n1Cc1ccc(C(=O)NC[C@H]2CCCO2)cc1)C(=O)NCCOC. The van der Waals surface area contributed by atoms with Gasteiger partial charge in [0.05, 0.1) is 35.4 Å². The monoisotopic (exact) mass is 538 g/mol. The van der Waals surface area contributed by atoms with E-state index in [-0.39, 0.29) is 30.0 Å². The van der Waals surface area contributed by atoms with Crippen molar-refractivity contribution in [3.05, 3.63) is 70.0 Å². The Labute approximate surface area is 226 Å². The topological polar surface area (TPSA) is 112 Å². The minimum absolute atomic E-state index is 0.0791. The van der Waals surface area contributed by atoms with E-state index in [2.05, 4.69) is 10.6 Å². The van der Waals surface area contributed by atoms with E-state index in [0.717, 1.165) is 25.0 Å². The van der Waals surface area contributed by atoms with Gasteiger partial charge in [0.25, 0.3) is 11.5 Å². The summed E-state index contributed by atoms with van der Waals surface area (Å²) < 4.78 is 12.2. The first-order valence-electron chi connectivity index (χ1n) is 12.9. The fraction of sp³-hybridized carbons (Fsp3) is 0.429. The Bertz CT molecular complexity index is 1300. The number of hydrogen-bond donors (Lipinski definition) is 2. The Morgan fingerprint density at radius 3 is 2.68 bits per heavy atom. The van der Waals surface area contributed by atoms with Crippen LogP contribution in [0.2, 0.25) is 0 Å². The number of nitrogens with one attached hydrogen (secondary N) is 2. The minimum atomic E-state index is -0.416. The van der Waals surface area contributed by atoms with E-state index in [0.29, 0.717) is 47.7 Å². The summed E-state index contributed by atoms with van der Waals surface area (Å²) in [5, 5.41) is 6.37. The molecule has 1 fully saturated rings. The van der Waals surface area contributed by atoms with Gasteiger partial charge in [-0.1, -0.05) is 43.0 Å². The van der Waals surface area contributed by atoms with Crippen molar-refractivity contribution in [1.29, 1.82) is 0 Å². The summed E-state index contributed by atoms with van der Waals surface area (Å²) in [5.74, 6) is -0.278. The van der Waals surface area contributed by atoms with E-state index < -0.39 is 5.25 Å². The molecule has 2 atom stereocenters. The summed E-state index contributed by atoms with van der Waals surface area (Å²) in [6.45, 7) is 4.28. The van der Waals surface area contributed by atoms with Crippen LogP contribution in [-0.2, 0) is 20.8 Å². The van der Waals surface area contributed by atoms with Crippen molar-refractivity contribution in [3.63, 3.8) is 0 Å². The van der Waals surface area contributed by atoms with E-state index in [1.807, 2.05) is 31.2 Å². The highest BCUT2D eigenvalue weighted by atomic mass is 32.2. The van der Waals surface area contributed by atoms with Gasteiger partial charge in [-0.15, -0.1) is 0 Å². The molecule has 0 radical (unpaired) electrons. The van der Waals surface area contributed by atoms with Crippen molar-refractivity contribution in [3.8, 4) is 0 Å². The third-order valence-corrected chi connectivity index (χ3v) is 7.77. The average Bonchev–Trinajstić information content (AvgIpc) is 3.46. The molecule has 3 aromatic rings. The minimum Gasteiger partial charge on any atom is -0.383 e. The van der Waals surface area contributed by atoms with Crippen LogP contribution in [0.5, 0.6) is 0 Å². The number of amides is 2. The number of carbonyl (C=O) groups is 2. The number of rotatable bonds is 12. The summed E-state index contributed by atoms with van der Waals surface area (Å²) in [6, 6.07) is 14.4. The van der Waals surface area contributed by atoms with Crippen LogP contribution in [0.1, 0.15) is 42.1 Å². The standard InChI is InChI=1S/C28H34N4O5S/c1-3-24(26(34)29-14-16-36-2)38-28-31-23-9-5-4-8-22(23)27(35)32(28)18-19-10-12-20(13-11-19)25(33)30-17-21-7-6-15-37-21/h4-5,8-13,21,24H,3,6-7,14-18H2,1-2H3,(H,29,34)(H,30,33)/t21-,24+/m1/s1. The van der Waals surface area contributed by atoms with Crippen molar-refractivity contribution in [1.82, 2.24) is 20.2 Å². The van der Waals surface area contributed by atoms with Gasteiger partial charge in [-0.3, -0.25) is 19.0 Å². The second-order valence-corrected chi connectivity index (χ2v) is 10.3. The molecule has 1 aliphatic rings. The highest BCUT2D eigenvalue weighted by Gasteiger charge is 2.22. The van der Waals surface area contributed by atoms with Crippen LogP contribution in [-0.4, -0.2) is 66.1 Å². The van der Waals surface area contributed by atoms with E-state index in [4.69, 9.17) is 14.5 Å². The first kappa shape index (κ1) is 27.8. The zero-order valence-corrected chi connectivity index (χ0v) is 22.6. The zero-order chi connectivity index (χ0) is 26.9. The van der Waals surface area contributed by atoms with Gasteiger partial charge in [0, 0.05) is 32.4 Å². The smallest absolute Gasteiger partial charge is 0.262 e. The molecule has 1 aliphatic heterocycles. The van der Waals surface area contributed by atoms with Crippen LogP contribution < -0.4 is 16.2 Å². The van der Waals surface area contributed by atoms with Crippen LogP contribution >= 0.6 is 11.8 Å². The number of nitrogens with zero attached hydrogens (tertiary/aromatic N) is 2. The number of methoxy groups -OCH3 is 1. The summed E-state index contributed by atoms with van der Waals surface area (Å²) in [6.07, 6.45) is 2.63. The largest absolute Gasteiger partial charge is 0.383 e. The van der Waals surface area contributed by atoms with Gasteiger partial charge >= 0.3 is 0 Å².